The molecule has 0 saturated carbocycles. The fourth-order valence-corrected chi connectivity index (χ4v) is 5.04. The molecule has 4 rings (SSSR count). The van der Waals surface area contributed by atoms with Crippen molar-refractivity contribution in [3.8, 4) is 0 Å². The van der Waals surface area contributed by atoms with Gasteiger partial charge in [-0.05, 0) is 47.8 Å². The standard InChI is InChI=1S/C21H27BrN6O4/c1-14-11-16(26-7-9-32-10-8-26)5-6-27(14)17-4-3-15(12-18(17)28(30)31)23-20-21(29)25(2)13-19(22)24-20/h3-4,12-14,16H,5-11H2,1-2H3,(H,23,24)/t14-,16?/m0/s1. The van der Waals surface area contributed by atoms with Crippen LogP contribution in [0.15, 0.2) is 33.8 Å². The van der Waals surface area contributed by atoms with E-state index in [9.17, 15) is 14.9 Å². The summed E-state index contributed by atoms with van der Waals surface area (Å²) in [5.74, 6) is 0.101. The number of hydrogen-bond donors (Lipinski definition) is 1. The van der Waals surface area contributed by atoms with Crippen molar-refractivity contribution < 1.29 is 9.66 Å². The molecule has 32 heavy (non-hydrogen) atoms. The maximum absolute atomic E-state index is 12.3. The molecule has 2 fully saturated rings. The molecular weight excluding hydrogens is 480 g/mol. The second-order valence-electron chi connectivity index (χ2n) is 8.28. The van der Waals surface area contributed by atoms with Gasteiger partial charge in [-0.25, -0.2) is 4.98 Å². The summed E-state index contributed by atoms with van der Waals surface area (Å²) in [5.41, 5.74) is 0.736. The van der Waals surface area contributed by atoms with Gasteiger partial charge in [0.15, 0.2) is 5.82 Å². The second kappa shape index (κ2) is 9.55. The van der Waals surface area contributed by atoms with E-state index >= 15 is 0 Å². The molecule has 1 unspecified atom stereocenters. The lowest BCUT2D eigenvalue weighted by Crippen LogP contribution is -2.52. The minimum absolute atomic E-state index is 0.0125. The Balaban J connectivity index is 1.55. The third kappa shape index (κ3) is 4.79. The number of aryl methyl sites for hydroxylation is 1. The van der Waals surface area contributed by atoms with Crippen molar-refractivity contribution in [3.63, 3.8) is 0 Å². The number of halogens is 1. The first-order valence-corrected chi connectivity index (χ1v) is 11.5. The van der Waals surface area contributed by atoms with E-state index in [0.717, 1.165) is 45.7 Å². The van der Waals surface area contributed by atoms with Gasteiger partial charge in [-0.3, -0.25) is 19.8 Å². The van der Waals surface area contributed by atoms with Crippen molar-refractivity contribution in [1.29, 1.82) is 0 Å². The van der Waals surface area contributed by atoms with Gasteiger partial charge in [0, 0.05) is 56.7 Å². The molecule has 0 radical (unpaired) electrons. The largest absolute Gasteiger partial charge is 0.379 e. The number of rotatable bonds is 5. The van der Waals surface area contributed by atoms with Crippen LogP contribution in [0.2, 0.25) is 0 Å². The Morgan fingerprint density at radius 2 is 2.03 bits per heavy atom. The Morgan fingerprint density at radius 3 is 2.72 bits per heavy atom. The molecule has 1 aromatic carbocycles. The number of benzene rings is 1. The van der Waals surface area contributed by atoms with Gasteiger partial charge in [-0.1, -0.05) is 0 Å². The Morgan fingerprint density at radius 1 is 1.28 bits per heavy atom. The maximum atomic E-state index is 12.3. The lowest BCUT2D eigenvalue weighted by Gasteiger charge is -2.44. The predicted molar refractivity (Wildman–Crippen MR) is 126 cm³/mol. The molecule has 2 aliphatic heterocycles. The number of ether oxygens (including phenoxy) is 1. The predicted octanol–water partition coefficient (Wildman–Crippen LogP) is 2.88. The van der Waals surface area contributed by atoms with E-state index in [1.165, 1.54) is 10.6 Å². The highest BCUT2D eigenvalue weighted by atomic mass is 79.9. The molecule has 3 heterocycles. The lowest BCUT2D eigenvalue weighted by atomic mass is 9.95. The van der Waals surface area contributed by atoms with Crippen molar-refractivity contribution in [2.75, 3.05) is 43.1 Å². The van der Waals surface area contributed by atoms with Crippen LogP contribution in [-0.2, 0) is 11.8 Å². The monoisotopic (exact) mass is 506 g/mol. The summed E-state index contributed by atoms with van der Waals surface area (Å²) in [4.78, 5) is 32.6. The number of nitro groups is 1. The molecular formula is C21H27BrN6O4. The lowest BCUT2D eigenvalue weighted by molar-refractivity contribution is -0.384. The van der Waals surface area contributed by atoms with E-state index in [1.54, 1.807) is 25.4 Å². The summed E-state index contributed by atoms with van der Waals surface area (Å²) in [5, 5.41) is 14.8. The first-order chi connectivity index (χ1) is 15.3. The highest BCUT2D eigenvalue weighted by Gasteiger charge is 2.33. The summed E-state index contributed by atoms with van der Waals surface area (Å²) in [6.45, 7) is 6.30. The van der Waals surface area contributed by atoms with Crippen molar-refractivity contribution in [2.24, 2.45) is 7.05 Å². The van der Waals surface area contributed by atoms with Gasteiger partial charge in [0.1, 0.15) is 10.3 Å². The molecule has 2 saturated heterocycles. The summed E-state index contributed by atoms with van der Waals surface area (Å²) in [6.07, 6.45) is 3.47. The number of morpholine rings is 1. The molecule has 11 heteroatoms. The first-order valence-electron chi connectivity index (χ1n) is 10.7. The summed E-state index contributed by atoms with van der Waals surface area (Å²) < 4.78 is 7.35. The number of nitrogens with one attached hydrogen (secondary N) is 1. The minimum Gasteiger partial charge on any atom is -0.379 e. The zero-order chi connectivity index (χ0) is 22.8. The van der Waals surface area contributed by atoms with Gasteiger partial charge >= 0.3 is 0 Å². The van der Waals surface area contributed by atoms with Crippen LogP contribution in [0, 0.1) is 10.1 Å². The number of nitro benzene ring substituents is 1. The normalized spacial score (nSPS) is 22.0. The van der Waals surface area contributed by atoms with Crippen LogP contribution in [0.4, 0.5) is 22.9 Å². The average Bonchev–Trinajstić information content (AvgIpc) is 2.78. The summed E-state index contributed by atoms with van der Waals surface area (Å²) in [6, 6.07) is 5.63. The van der Waals surface area contributed by atoms with Gasteiger partial charge in [-0.2, -0.15) is 0 Å². The topological polar surface area (TPSA) is 106 Å². The highest BCUT2D eigenvalue weighted by Crippen LogP contribution is 2.36. The number of nitrogens with zero attached hydrogens (tertiary/aromatic N) is 5. The van der Waals surface area contributed by atoms with Crippen LogP contribution >= 0.6 is 15.9 Å². The molecule has 2 aromatic rings. The van der Waals surface area contributed by atoms with Crippen LogP contribution in [0.25, 0.3) is 0 Å². The van der Waals surface area contributed by atoms with Crippen LogP contribution < -0.4 is 15.8 Å². The van der Waals surface area contributed by atoms with E-state index in [0.29, 0.717) is 22.0 Å². The molecule has 172 valence electrons. The average molecular weight is 507 g/mol. The van der Waals surface area contributed by atoms with E-state index < -0.39 is 0 Å². The molecule has 0 amide bonds. The van der Waals surface area contributed by atoms with Crippen molar-refractivity contribution in [1.82, 2.24) is 14.5 Å². The van der Waals surface area contributed by atoms with Gasteiger partial charge in [0.2, 0.25) is 0 Å². The van der Waals surface area contributed by atoms with Crippen molar-refractivity contribution in [3.05, 3.63) is 49.5 Å². The Hall–Kier alpha value is -2.50. The molecule has 2 atom stereocenters. The number of piperidine rings is 1. The maximum Gasteiger partial charge on any atom is 0.294 e. The molecule has 1 N–H and O–H groups in total. The molecule has 0 aliphatic carbocycles. The highest BCUT2D eigenvalue weighted by molar-refractivity contribution is 9.10. The van der Waals surface area contributed by atoms with Gasteiger partial charge < -0.3 is 19.5 Å². The quantitative estimate of drug-likeness (QED) is 0.487. The smallest absolute Gasteiger partial charge is 0.294 e. The molecule has 1 aromatic heterocycles. The van der Waals surface area contributed by atoms with E-state index in [-0.39, 0.29) is 28.0 Å². The molecule has 2 aliphatic rings. The third-order valence-corrected chi connectivity index (χ3v) is 6.58. The van der Waals surface area contributed by atoms with Gasteiger partial charge in [-0.15, -0.1) is 0 Å². The Kier molecular flexibility index (Phi) is 6.77. The number of hydrogen-bond acceptors (Lipinski definition) is 8. The zero-order valence-electron chi connectivity index (χ0n) is 18.2. The minimum atomic E-state index is -0.367. The Bertz CT molecular complexity index is 1060. The van der Waals surface area contributed by atoms with E-state index in [2.05, 4.69) is 43.0 Å². The van der Waals surface area contributed by atoms with Crippen LogP contribution in [0.5, 0.6) is 0 Å². The van der Waals surface area contributed by atoms with Gasteiger partial charge in [0.05, 0.1) is 18.1 Å². The van der Waals surface area contributed by atoms with Gasteiger partial charge in [0.25, 0.3) is 11.2 Å². The number of aromatic nitrogens is 2. The zero-order valence-corrected chi connectivity index (χ0v) is 19.7. The number of anilines is 3. The fourth-order valence-electron chi connectivity index (χ4n) is 4.56. The summed E-state index contributed by atoms with van der Waals surface area (Å²) >= 11 is 3.27. The Labute approximate surface area is 194 Å². The van der Waals surface area contributed by atoms with Crippen molar-refractivity contribution >= 4 is 38.8 Å². The van der Waals surface area contributed by atoms with E-state index in [1.807, 2.05) is 0 Å². The molecule has 10 nitrogen and oxygen atoms in total. The fraction of sp³-hybridized carbons (Fsp3) is 0.524. The van der Waals surface area contributed by atoms with Crippen LogP contribution in [0.3, 0.4) is 0 Å². The summed E-state index contributed by atoms with van der Waals surface area (Å²) in [7, 11) is 1.62. The van der Waals surface area contributed by atoms with Crippen molar-refractivity contribution in [2.45, 2.75) is 31.8 Å². The molecule has 0 bridgehead atoms. The first kappa shape index (κ1) is 22.7. The SMILES string of the molecule is C[C@H]1CC(N2CCOCC2)CCN1c1ccc(Nc2nc(Br)cn(C)c2=O)cc1[N+](=O)[O-]. The second-order valence-corrected chi connectivity index (χ2v) is 9.10. The molecule has 0 spiro atoms. The third-order valence-electron chi connectivity index (χ3n) is 6.20. The van der Waals surface area contributed by atoms with E-state index in [4.69, 9.17) is 4.74 Å². The van der Waals surface area contributed by atoms with Crippen LogP contribution in [-0.4, -0.2) is 64.3 Å². The van der Waals surface area contributed by atoms with Crippen LogP contribution in [0.1, 0.15) is 19.8 Å².